The van der Waals surface area contributed by atoms with E-state index >= 15 is 0 Å². The molecule has 4 heteroatoms. The quantitative estimate of drug-likeness (QED) is 0.854. The summed E-state index contributed by atoms with van der Waals surface area (Å²) >= 11 is 0. The maximum Gasteiger partial charge on any atom is 0.236 e. The summed E-state index contributed by atoms with van der Waals surface area (Å²) in [5, 5.41) is 2.88. The van der Waals surface area contributed by atoms with Crippen LogP contribution in [0, 0.1) is 5.82 Å². The first-order valence-corrected chi connectivity index (χ1v) is 6.33. The van der Waals surface area contributed by atoms with E-state index in [-0.39, 0.29) is 17.1 Å². The van der Waals surface area contributed by atoms with Crippen molar-refractivity contribution in [3.05, 3.63) is 35.6 Å². The molecule has 0 spiro atoms. The lowest BCUT2D eigenvalue weighted by Gasteiger charge is -2.42. The van der Waals surface area contributed by atoms with Gasteiger partial charge in [-0.25, -0.2) is 4.39 Å². The maximum atomic E-state index is 12.9. The normalized spacial score (nSPS) is 18.8. The summed E-state index contributed by atoms with van der Waals surface area (Å²) in [5.41, 5.74) is 6.59. The first-order valence-electron chi connectivity index (χ1n) is 6.33. The van der Waals surface area contributed by atoms with Crippen LogP contribution in [0.15, 0.2) is 24.3 Å². The molecule has 1 aliphatic carbocycles. The zero-order valence-corrected chi connectivity index (χ0v) is 10.6. The molecule has 18 heavy (non-hydrogen) atoms. The molecule has 2 rings (SSSR count). The van der Waals surface area contributed by atoms with Crippen LogP contribution in [0.25, 0.3) is 0 Å². The number of hydrogen-bond donors (Lipinski definition) is 2. The highest BCUT2D eigenvalue weighted by atomic mass is 19.1. The lowest BCUT2D eigenvalue weighted by Crippen LogP contribution is -2.49. The van der Waals surface area contributed by atoms with Crippen LogP contribution in [0.4, 0.5) is 4.39 Å². The second-order valence-electron chi connectivity index (χ2n) is 5.15. The molecule has 0 aromatic heterocycles. The molecule has 3 nitrogen and oxygen atoms in total. The summed E-state index contributed by atoms with van der Waals surface area (Å²) in [6.07, 6.45) is 3.20. The van der Waals surface area contributed by atoms with Crippen LogP contribution < -0.4 is 11.1 Å². The smallest absolute Gasteiger partial charge is 0.236 e. The van der Waals surface area contributed by atoms with Gasteiger partial charge in [0.05, 0.1) is 6.04 Å². The van der Waals surface area contributed by atoms with E-state index in [2.05, 4.69) is 5.32 Å². The second kappa shape index (κ2) is 5.06. The topological polar surface area (TPSA) is 55.1 Å². The summed E-state index contributed by atoms with van der Waals surface area (Å²) in [6.45, 7) is 2.25. The Bertz CT molecular complexity index is 424. The van der Waals surface area contributed by atoms with Crippen molar-refractivity contribution in [2.45, 2.75) is 37.6 Å². The van der Waals surface area contributed by atoms with Crippen LogP contribution in [-0.2, 0) is 10.2 Å². The van der Waals surface area contributed by atoms with Gasteiger partial charge in [-0.05, 0) is 37.5 Å². The molecule has 1 aliphatic rings. The second-order valence-corrected chi connectivity index (χ2v) is 5.15. The number of nitrogens with one attached hydrogen (secondary N) is 1. The molecule has 3 N–H and O–H groups in total. The molecule has 0 unspecified atom stereocenters. The minimum atomic E-state index is -0.490. The molecule has 1 aromatic carbocycles. The lowest BCUT2D eigenvalue weighted by atomic mass is 9.64. The van der Waals surface area contributed by atoms with Gasteiger partial charge >= 0.3 is 0 Å². The van der Waals surface area contributed by atoms with Crippen LogP contribution in [0.3, 0.4) is 0 Å². The molecule has 1 atom stereocenters. The summed E-state index contributed by atoms with van der Waals surface area (Å²) in [4.78, 5) is 11.5. The van der Waals surface area contributed by atoms with Gasteiger partial charge in [0, 0.05) is 12.0 Å². The molecule has 98 valence electrons. The van der Waals surface area contributed by atoms with E-state index < -0.39 is 6.04 Å². The SMILES string of the molecule is C[C@H](N)C(=O)NCC1(c2ccc(F)cc2)CCC1. The van der Waals surface area contributed by atoms with Crippen molar-refractivity contribution in [1.29, 1.82) is 0 Å². The molecular formula is C14H19FN2O. The fourth-order valence-electron chi connectivity index (χ4n) is 2.39. The first-order chi connectivity index (χ1) is 8.53. The molecule has 0 radical (unpaired) electrons. The van der Waals surface area contributed by atoms with E-state index in [1.807, 2.05) is 12.1 Å². The van der Waals surface area contributed by atoms with E-state index in [1.165, 1.54) is 12.1 Å². The Kier molecular flexibility index (Phi) is 3.66. The van der Waals surface area contributed by atoms with E-state index in [9.17, 15) is 9.18 Å². The molecular weight excluding hydrogens is 231 g/mol. The number of carbonyl (C=O) groups excluding carboxylic acids is 1. The van der Waals surface area contributed by atoms with Gasteiger partial charge in [-0.2, -0.15) is 0 Å². The first kappa shape index (κ1) is 13.0. The number of carbonyl (C=O) groups is 1. The molecule has 0 aliphatic heterocycles. The minimum absolute atomic E-state index is 0.0295. The van der Waals surface area contributed by atoms with Gasteiger partial charge in [-0.3, -0.25) is 4.79 Å². The highest BCUT2D eigenvalue weighted by Crippen LogP contribution is 2.43. The Morgan fingerprint density at radius 2 is 2.06 bits per heavy atom. The Balaban J connectivity index is 2.07. The number of amides is 1. The monoisotopic (exact) mass is 250 g/mol. The molecule has 0 heterocycles. The molecule has 1 aromatic rings. The number of nitrogens with two attached hydrogens (primary N) is 1. The zero-order chi connectivity index (χ0) is 13.2. The van der Waals surface area contributed by atoms with Crippen LogP contribution >= 0.6 is 0 Å². The Morgan fingerprint density at radius 1 is 1.44 bits per heavy atom. The Hall–Kier alpha value is -1.42. The summed E-state index contributed by atoms with van der Waals surface area (Å²) < 4.78 is 12.9. The third-order valence-corrected chi connectivity index (χ3v) is 3.78. The van der Waals surface area contributed by atoms with Crippen LogP contribution in [0.2, 0.25) is 0 Å². The molecule has 1 saturated carbocycles. The zero-order valence-electron chi connectivity index (χ0n) is 10.6. The number of halogens is 1. The van der Waals surface area contributed by atoms with Gasteiger partial charge in [0.25, 0.3) is 0 Å². The van der Waals surface area contributed by atoms with Gasteiger partial charge in [0.1, 0.15) is 5.82 Å². The lowest BCUT2D eigenvalue weighted by molar-refractivity contribution is -0.122. The predicted molar refractivity (Wildman–Crippen MR) is 68.6 cm³/mol. The van der Waals surface area contributed by atoms with Crippen molar-refractivity contribution in [1.82, 2.24) is 5.32 Å². The van der Waals surface area contributed by atoms with E-state index in [0.717, 1.165) is 24.8 Å². The molecule has 1 amide bonds. The molecule has 0 saturated heterocycles. The van der Waals surface area contributed by atoms with Gasteiger partial charge in [-0.15, -0.1) is 0 Å². The van der Waals surface area contributed by atoms with E-state index in [4.69, 9.17) is 5.73 Å². The fraction of sp³-hybridized carbons (Fsp3) is 0.500. The fourth-order valence-corrected chi connectivity index (χ4v) is 2.39. The minimum Gasteiger partial charge on any atom is -0.354 e. The highest BCUT2D eigenvalue weighted by Gasteiger charge is 2.38. The Morgan fingerprint density at radius 3 is 2.50 bits per heavy atom. The summed E-state index contributed by atoms with van der Waals surface area (Å²) in [6, 6.07) is 6.08. The Labute approximate surface area is 107 Å². The van der Waals surface area contributed by atoms with Gasteiger partial charge in [0.15, 0.2) is 0 Å². The van der Waals surface area contributed by atoms with Crippen LogP contribution in [0.1, 0.15) is 31.7 Å². The highest BCUT2D eigenvalue weighted by molar-refractivity contribution is 5.81. The van der Waals surface area contributed by atoms with E-state index in [0.29, 0.717) is 6.54 Å². The standard InChI is InChI=1S/C14H19FN2O/c1-10(16)13(18)17-9-14(7-2-8-14)11-3-5-12(15)6-4-11/h3-6,10H,2,7-9,16H2,1H3,(H,17,18)/t10-/m0/s1. The van der Waals surface area contributed by atoms with Crippen molar-refractivity contribution in [2.24, 2.45) is 5.73 Å². The molecule has 1 fully saturated rings. The number of rotatable bonds is 4. The van der Waals surface area contributed by atoms with E-state index in [1.54, 1.807) is 6.92 Å². The third-order valence-electron chi connectivity index (χ3n) is 3.78. The number of benzene rings is 1. The average Bonchev–Trinajstić information content (AvgIpc) is 2.29. The van der Waals surface area contributed by atoms with Gasteiger partial charge in [-0.1, -0.05) is 18.6 Å². The van der Waals surface area contributed by atoms with Crippen LogP contribution in [0.5, 0.6) is 0 Å². The largest absolute Gasteiger partial charge is 0.354 e. The summed E-state index contributed by atoms with van der Waals surface area (Å²) in [7, 11) is 0. The average molecular weight is 250 g/mol. The van der Waals surface area contributed by atoms with Crippen molar-refractivity contribution in [3.63, 3.8) is 0 Å². The number of hydrogen-bond acceptors (Lipinski definition) is 2. The van der Waals surface area contributed by atoms with Crippen molar-refractivity contribution < 1.29 is 9.18 Å². The van der Waals surface area contributed by atoms with Crippen molar-refractivity contribution in [2.75, 3.05) is 6.54 Å². The summed E-state index contributed by atoms with van der Waals surface area (Å²) in [5.74, 6) is -0.365. The molecule has 0 bridgehead atoms. The van der Waals surface area contributed by atoms with Crippen molar-refractivity contribution >= 4 is 5.91 Å². The van der Waals surface area contributed by atoms with Crippen LogP contribution in [-0.4, -0.2) is 18.5 Å². The maximum absolute atomic E-state index is 12.9. The third kappa shape index (κ3) is 2.53. The van der Waals surface area contributed by atoms with Gasteiger partial charge in [0.2, 0.25) is 5.91 Å². The van der Waals surface area contributed by atoms with Gasteiger partial charge < -0.3 is 11.1 Å². The predicted octanol–water partition coefficient (Wildman–Crippen LogP) is 1.71. The van der Waals surface area contributed by atoms with Crippen molar-refractivity contribution in [3.8, 4) is 0 Å².